The summed E-state index contributed by atoms with van der Waals surface area (Å²) in [5, 5.41) is 3.90. The smallest absolute Gasteiger partial charge is 0.259 e. The number of likely N-dealkylation sites (tertiary alicyclic amines) is 1. The molecule has 2 atom stereocenters. The molecule has 2 aromatic heterocycles. The van der Waals surface area contributed by atoms with Gasteiger partial charge in [-0.1, -0.05) is 11.2 Å². The number of fused-ring (bicyclic) bond motifs is 1. The summed E-state index contributed by atoms with van der Waals surface area (Å²) >= 11 is 0. The van der Waals surface area contributed by atoms with Crippen LogP contribution in [-0.2, 0) is 11.3 Å². The molecule has 0 spiro atoms. The minimum Gasteiger partial charge on any atom is -0.373 e. The number of hydrogen-bond donors (Lipinski definition) is 0. The van der Waals surface area contributed by atoms with E-state index in [2.05, 4.69) is 21.1 Å². The Hall–Kier alpha value is -2.25. The van der Waals surface area contributed by atoms with Gasteiger partial charge >= 0.3 is 0 Å². The largest absolute Gasteiger partial charge is 0.373 e. The van der Waals surface area contributed by atoms with Gasteiger partial charge in [0, 0.05) is 38.6 Å². The molecule has 2 unspecified atom stereocenters. The Morgan fingerprint density at radius 2 is 2.24 bits per heavy atom. The normalized spacial score (nSPS) is 23.7. The minimum atomic E-state index is -0.0180. The van der Waals surface area contributed by atoms with Crippen LogP contribution < -0.4 is 0 Å². The molecule has 2 aliphatic heterocycles. The summed E-state index contributed by atoms with van der Waals surface area (Å²) in [4.78, 5) is 21.4. The first kappa shape index (κ1) is 16.2. The molecule has 0 aliphatic carbocycles. The maximum atomic E-state index is 12.9. The van der Waals surface area contributed by atoms with E-state index in [4.69, 9.17) is 9.26 Å². The van der Waals surface area contributed by atoms with E-state index in [1.807, 2.05) is 17.2 Å². The van der Waals surface area contributed by atoms with Crippen LogP contribution in [0.1, 0.15) is 27.4 Å². The predicted molar refractivity (Wildman–Crippen MR) is 90.1 cm³/mol. The zero-order chi connectivity index (χ0) is 17.4. The van der Waals surface area contributed by atoms with Gasteiger partial charge in [-0.3, -0.25) is 14.7 Å². The van der Waals surface area contributed by atoms with Crippen molar-refractivity contribution >= 4 is 5.91 Å². The Balaban J connectivity index is 1.50. The monoisotopic (exact) mass is 342 g/mol. The van der Waals surface area contributed by atoms with Crippen molar-refractivity contribution < 1.29 is 14.1 Å². The third-order valence-electron chi connectivity index (χ3n) is 5.06. The lowest BCUT2D eigenvalue weighted by Gasteiger charge is -2.36. The molecular formula is C18H22N4O3. The van der Waals surface area contributed by atoms with Crippen molar-refractivity contribution in [3.8, 4) is 0 Å². The summed E-state index contributed by atoms with van der Waals surface area (Å²) in [5.74, 6) is 0.557. The van der Waals surface area contributed by atoms with Crippen LogP contribution in [0, 0.1) is 13.8 Å². The van der Waals surface area contributed by atoms with E-state index in [1.54, 1.807) is 20.0 Å². The third kappa shape index (κ3) is 3.05. The third-order valence-corrected chi connectivity index (χ3v) is 5.06. The van der Waals surface area contributed by atoms with Gasteiger partial charge in [0.25, 0.3) is 5.91 Å². The minimum absolute atomic E-state index is 0.0180. The van der Waals surface area contributed by atoms with Crippen LogP contribution in [-0.4, -0.2) is 64.2 Å². The predicted octanol–water partition coefficient (Wildman–Crippen LogP) is 1.41. The molecule has 4 rings (SSSR count). The second kappa shape index (κ2) is 6.57. The summed E-state index contributed by atoms with van der Waals surface area (Å²) in [5.41, 5.74) is 2.40. The number of hydrogen-bond acceptors (Lipinski definition) is 6. The molecule has 7 nitrogen and oxygen atoms in total. The average molecular weight is 342 g/mol. The average Bonchev–Trinajstić information content (AvgIpc) is 3.20. The molecule has 2 fully saturated rings. The number of carbonyl (C=O) groups excluding carboxylic acids is 1. The number of aromatic nitrogens is 2. The summed E-state index contributed by atoms with van der Waals surface area (Å²) in [6.07, 6.45) is 3.73. The fourth-order valence-corrected chi connectivity index (χ4v) is 3.79. The lowest BCUT2D eigenvalue weighted by molar-refractivity contribution is -0.0503. The highest BCUT2D eigenvalue weighted by atomic mass is 16.5. The maximum absolute atomic E-state index is 12.9. The number of pyridine rings is 1. The molecule has 0 radical (unpaired) electrons. The van der Waals surface area contributed by atoms with Gasteiger partial charge < -0.3 is 14.2 Å². The number of rotatable bonds is 3. The molecule has 25 heavy (non-hydrogen) atoms. The summed E-state index contributed by atoms with van der Waals surface area (Å²) in [6.45, 7) is 7.23. The van der Waals surface area contributed by atoms with Gasteiger partial charge in [-0.25, -0.2) is 0 Å². The Bertz CT molecular complexity index is 741. The molecule has 7 heteroatoms. The second-order valence-corrected chi connectivity index (χ2v) is 6.72. The van der Waals surface area contributed by atoms with Crippen LogP contribution >= 0.6 is 0 Å². The van der Waals surface area contributed by atoms with Gasteiger partial charge in [0.1, 0.15) is 11.3 Å². The summed E-state index contributed by atoms with van der Waals surface area (Å²) in [7, 11) is 0. The van der Waals surface area contributed by atoms with E-state index < -0.39 is 0 Å². The van der Waals surface area contributed by atoms with E-state index in [0.717, 1.165) is 13.1 Å². The molecule has 0 saturated carbocycles. The molecule has 0 N–H and O–H groups in total. The van der Waals surface area contributed by atoms with E-state index in [9.17, 15) is 4.79 Å². The van der Waals surface area contributed by atoms with Crippen molar-refractivity contribution in [2.24, 2.45) is 0 Å². The quantitative estimate of drug-likeness (QED) is 0.840. The Kier molecular flexibility index (Phi) is 4.27. The lowest BCUT2D eigenvalue weighted by Crippen LogP contribution is -2.50. The lowest BCUT2D eigenvalue weighted by atomic mass is 10.1. The second-order valence-electron chi connectivity index (χ2n) is 6.72. The van der Waals surface area contributed by atoms with E-state index >= 15 is 0 Å². The highest BCUT2D eigenvalue weighted by Crippen LogP contribution is 2.27. The SMILES string of the molecule is Cc1noc(C)c1C(=O)N1CC2OCCN(Cc3cccnc3)C2C1. The van der Waals surface area contributed by atoms with Gasteiger partial charge in [0.15, 0.2) is 0 Å². The van der Waals surface area contributed by atoms with Gasteiger partial charge in [-0.15, -0.1) is 0 Å². The van der Waals surface area contributed by atoms with E-state index in [0.29, 0.717) is 36.7 Å². The first-order chi connectivity index (χ1) is 12.1. The van der Waals surface area contributed by atoms with E-state index in [-0.39, 0.29) is 18.1 Å². The van der Waals surface area contributed by atoms with Crippen LogP contribution in [0.25, 0.3) is 0 Å². The van der Waals surface area contributed by atoms with Crippen LogP contribution in [0.2, 0.25) is 0 Å². The number of morpholine rings is 1. The molecule has 0 bridgehead atoms. The Morgan fingerprint density at radius 3 is 2.96 bits per heavy atom. The van der Waals surface area contributed by atoms with Crippen molar-refractivity contribution in [2.45, 2.75) is 32.5 Å². The van der Waals surface area contributed by atoms with E-state index in [1.165, 1.54) is 5.56 Å². The zero-order valence-electron chi connectivity index (χ0n) is 14.5. The fourth-order valence-electron chi connectivity index (χ4n) is 3.79. The topological polar surface area (TPSA) is 71.7 Å². The van der Waals surface area contributed by atoms with Crippen molar-refractivity contribution in [2.75, 3.05) is 26.2 Å². The van der Waals surface area contributed by atoms with Crippen LogP contribution in [0.5, 0.6) is 0 Å². The van der Waals surface area contributed by atoms with Crippen LogP contribution in [0.3, 0.4) is 0 Å². The number of nitrogens with zero attached hydrogens (tertiary/aromatic N) is 4. The van der Waals surface area contributed by atoms with Crippen molar-refractivity contribution in [1.29, 1.82) is 0 Å². The first-order valence-corrected chi connectivity index (χ1v) is 8.60. The summed E-state index contributed by atoms with van der Waals surface area (Å²) < 4.78 is 11.1. The van der Waals surface area contributed by atoms with Gasteiger partial charge in [-0.05, 0) is 25.5 Å². The Morgan fingerprint density at radius 1 is 1.36 bits per heavy atom. The molecular weight excluding hydrogens is 320 g/mol. The molecule has 132 valence electrons. The van der Waals surface area contributed by atoms with Crippen LogP contribution in [0.15, 0.2) is 29.0 Å². The standard InChI is InChI=1S/C18H22N4O3/c1-12-17(13(2)25-20-12)18(23)22-10-15-16(11-22)24-7-6-21(15)9-14-4-3-5-19-8-14/h3-5,8,15-16H,6-7,9-11H2,1-2H3. The van der Waals surface area contributed by atoms with Crippen LogP contribution in [0.4, 0.5) is 0 Å². The molecule has 4 heterocycles. The number of ether oxygens (including phenoxy) is 1. The molecule has 2 saturated heterocycles. The first-order valence-electron chi connectivity index (χ1n) is 8.60. The number of aryl methyl sites for hydroxylation is 2. The van der Waals surface area contributed by atoms with Crippen molar-refractivity contribution in [3.05, 3.63) is 47.1 Å². The Labute approximate surface area is 146 Å². The molecule has 2 aromatic rings. The van der Waals surface area contributed by atoms with Gasteiger partial charge in [0.05, 0.1) is 24.4 Å². The number of amides is 1. The van der Waals surface area contributed by atoms with Gasteiger partial charge in [0.2, 0.25) is 0 Å². The molecule has 2 aliphatic rings. The van der Waals surface area contributed by atoms with Crippen molar-refractivity contribution in [1.82, 2.24) is 19.9 Å². The fraction of sp³-hybridized carbons (Fsp3) is 0.500. The number of carbonyl (C=O) groups is 1. The highest BCUT2D eigenvalue weighted by Gasteiger charge is 2.42. The van der Waals surface area contributed by atoms with Crippen molar-refractivity contribution in [3.63, 3.8) is 0 Å². The van der Waals surface area contributed by atoms with Gasteiger partial charge in [-0.2, -0.15) is 0 Å². The summed E-state index contributed by atoms with van der Waals surface area (Å²) in [6, 6.07) is 4.24. The highest BCUT2D eigenvalue weighted by molar-refractivity contribution is 5.96. The maximum Gasteiger partial charge on any atom is 0.259 e. The molecule has 1 amide bonds. The molecule has 0 aromatic carbocycles. The zero-order valence-corrected chi connectivity index (χ0v) is 14.5.